The molecule has 0 aliphatic carbocycles. The van der Waals surface area contributed by atoms with Crippen LogP contribution in [-0.2, 0) is 4.79 Å². The van der Waals surface area contributed by atoms with E-state index in [4.69, 9.17) is 4.74 Å². The Morgan fingerprint density at radius 2 is 1.93 bits per heavy atom. The van der Waals surface area contributed by atoms with E-state index in [1.54, 1.807) is 12.1 Å². The number of halogens is 1. The van der Waals surface area contributed by atoms with Crippen LogP contribution in [0.25, 0.3) is 0 Å². The fraction of sp³-hybridized carbons (Fsp3) is 0.435. The average molecular weight is 382 g/mol. The average Bonchev–Trinajstić information content (AvgIpc) is 3.22. The van der Waals surface area contributed by atoms with Crippen LogP contribution < -0.4 is 4.74 Å². The minimum Gasteiger partial charge on any atom is -0.494 e. The van der Waals surface area contributed by atoms with Crippen molar-refractivity contribution in [3.63, 3.8) is 0 Å². The topological polar surface area (TPSA) is 32.8 Å². The van der Waals surface area contributed by atoms with Gasteiger partial charge in [0, 0.05) is 38.0 Å². The Morgan fingerprint density at radius 1 is 1.11 bits per heavy atom. The van der Waals surface area contributed by atoms with E-state index in [1.165, 1.54) is 6.07 Å². The number of hydrogen-bond donors (Lipinski definition) is 0. The molecule has 28 heavy (non-hydrogen) atoms. The molecule has 0 unspecified atom stereocenters. The zero-order chi connectivity index (χ0) is 19.5. The molecule has 2 aromatic carbocycles. The van der Waals surface area contributed by atoms with Crippen LogP contribution in [0, 0.1) is 17.7 Å². The Bertz CT molecular complexity index is 813. The standard InChI is InChI=1S/C23H27FN2O2/c1-25-14-18-15-26(16-21(18)23(25)17-7-5-8-19(24)13-17)22(27)11-6-12-28-20-9-3-2-4-10-20/h2-5,7-10,13,18,21,23H,6,11-12,14-16H2,1H3/t18-,21+,23-/m0/s1. The third-order valence-corrected chi connectivity index (χ3v) is 5.98. The van der Waals surface area contributed by atoms with Crippen LogP contribution in [0.3, 0.4) is 0 Å². The highest BCUT2D eigenvalue weighted by Gasteiger charge is 2.47. The molecule has 2 aliphatic rings. The largest absolute Gasteiger partial charge is 0.494 e. The number of carbonyl (C=O) groups excluding carboxylic acids is 1. The summed E-state index contributed by atoms with van der Waals surface area (Å²) in [4.78, 5) is 17.0. The highest BCUT2D eigenvalue weighted by atomic mass is 19.1. The van der Waals surface area contributed by atoms with Gasteiger partial charge >= 0.3 is 0 Å². The van der Waals surface area contributed by atoms with Gasteiger partial charge in [0.15, 0.2) is 0 Å². The van der Waals surface area contributed by atoms with E-state index < -0.39 is 0 Å². The summed E-state index contributed by atoms with van der Waals surface area (Å²) in [6.07, 6.45) is 1.22. The number of rotatable bonds is 6. The Balaban J connectivity index is 1.30. The maximum Gasteiger partial charge on any atom is 0.222 e. The monoisotopic (exact) mass is 382 g/mol. The maximum atomic E-state index is 13.7. The number of carbonyl (C=O) groups is 1. The molecular formula is C23H27FN2O2. The van der Waals surface area contributed by atoms with Crippen molar-refractivity contribution >= 4 is 5.91 Å². The first-order chi connectivity index (χ1) is 13.6. The van der Waals surface area contributed by atoms with E-state index >= 15 is 0 Å². The summed E-state index contributed by atoms with van der Waals surface area (Å²) >= 11 is 0. The molecule has 1 amide bonds. The highest BCUT2D eigenvalue weighted by Crippen LogP contribution is 2.44. The number of fused-ring (bicyclic) bond motifs is 1. The Hall–Kier alpha value is -2.40. The van der Waals surface area contributed by atoms with Gasteiger partial charge in [0.05, 0.1) is 6.61 Å². The lowest BCUT2D eigenvalue weighted by molar-refractivity contribution is -0.130. The minimum atomic E-state index is -0.196. The molecule has 148 valence electrons. The molecule has 0 radical (unpaired) electrons. The lowest BCUT2D eigenvalue weighted by atomic mass is 9.89. The quantitative estimate of drug-likeness (QED) is 0.714. The summed E-state index contributed by atoms with van der Waals surface area (Å²) in [5.41, 5.74) is 1.01. The van der Waals surface area contributed by atoms with Gasteiger partial charge in [-0.15, -0.1) is 0 Å². The van der Waals surface area contributed by atoms with Crippen LogP contribution in [0.5, 0.6) is 5.75 Å². The van der Waals surface area contributed by atoms with Crippen LogP contribution in [-0.4, -0.2) is 49.0 Å². The van der Waals surface area contributed by atoms with Gasteiger partial charge in [-0.05, 0) is 49.2 Å². The second kappa shape index (κ2) is 8.31. The van der Waals surface area contributed by atoms with Crippen LogP contribution >= 0.6 is 0 Å². The molecule has 3 atom stereocenters. The zero-order valence-corrected chi connectivity index (χ0v) is 16.3. The highest BCUT2D eigenvalue weighted by molar-refractivity contribution is 5.76. The van der Waals surface area contributed by atoms with Crippen molar-refractivity contribution in [1.29, 1.82) is 0 Å². The predicted octanol–water partition coefficient (Wildman–Crippen LogP) is 3.75. The van der Waals surface area contributed by atoms with Gasteiger partial charge in [-0.1, -0.05) is 30.3 Å². The van der Waals surface area contributed by atoms with Gasteiger partial charge in [0.2, 0.25) is 5.91 Å². The number of amides is 1. The number of hydrogen-bond acceptors (Lipinski definition) is 3. The normalized spacial score (nSPS) is 24.4. The number of benzene rings is 2. The van der Waals surface area contributed by atoms with Crippen molar-refractivity contribution in [3.05, 3.63) is 66.0 Å². The van der Waals surface area contributed by atoms with E-state index in [-0.39, 0.29) is 17.8 Å². The summed E-state index contributed by atoms with van der Waals surface area (Å²) in [7, 11) is 2.10. The van der Waals surface area contributed by atoms with Gasteiger partial charge in [-0.25, -0.2) is 4.39 Å². The molecule has 0 spiro atoms. The fourth-order valence-corrected chi connectivity index (χ4v) is 4.74. The van der Waals surface area contributed by atoms with E-state index in [2.05, 4.69) is 11.9 Å². The molecule has 4 rings (SSSR count). The zero-order valence-electron chi connectivity index (χ0n) is 16.3. The first-order valence-electron chi connectivity index (χ1n) is 10.0. The second-order valence-corrected chi connectivity index (χ2v) is 7.93. The van der Waals surface area contributed by atoms with Crippen molar-refractivity contribution in [2.24, 2.45) is 11.8 Å². The summed E-state index contributed by atoms with van der Waals surface area (Å²) in [6.45, 7) is 3.06. The molecule has 0 bridgehead atoms. The van der Waals surface area contributed by atoms with Crippen molar-refractivity contribution < 1.29 is 13.9 Å². The molecular weight excluding hydrogens is 355 g/mol. The molecule has 2 fully saturated rings. The van der Waals surface area contributed by atoms with Crippen LogP contribution in [0.2, 0.25) is 0 Å². The van der Waals surface area contributed by atoms with E-state index in [0.29, 0.717) is 31.3 Å². The van der Waals surface area contributed by atoms with Crippen molar-refractivity contribution in [2.45, 2.75) is 18.9 Å². The Morgan fingerprint density at radius 3 is 2.71 bits per heavy atom. The van der Waals surface area contributed by atoms with E-state index in [1.807, 2.05) is 41.3 Å². The van der Waals surface area contributed by atoms with Crippen LogP contribution in [0.4, 0.5) is 4.39 Å². The number of para-hydroxylation sites is 1. The number of likely N-dealkylation sites (tertiary alicyclic amines) is 2. The predicted molar refractivity (Wildman–Crippen MR) is 107 cm³/mol. The third-order valence-electron chi connectivity index (χ3n) is 5.98. The lowest BCUT2D eigenvalue weighted by Crippen LogP contribution is -2.33. The summed E-state index contributed by atoms with van der Waals surface area (Å²) in [5, 5.41) is 0. The summed E-state index contributed by atoms with van der Waals surface area (Å²) < 4.78 is 19.4. The van der Waals surface area contributed by atoms with Gasteiger partial charge < -0.3 is 9.64 Å². The smallest absolute Gasteiger partial charge is 0.222 e. The van der Waals surface area contributed by atoms with Crippen molar-refractivity contribution in [3.8, 4) is 5.75 Å². The molecule has 4 nitrogen and oxygen atoms in total. The first-order valence-corrected chi connectivity index (χ1v) is 10.0. The number of ether oxygens (including phenoxy) is 1. The van der Waals surface area contributed by atoms with Gasteiger partial charge in [0.25, 0.3) is 0 Å². The van der Waals surface area contributed by atoms with E-state index in [0.717, 1.165) is 30.9 Å². The van der Waals surface area contributed by atoms with Gasteiger partial charge in [-0.2, -0.15) is 0 Å². The molecule has 2 aromatic rings. The van der Waals surface area contributed by atoms with Crippen LogP contribution in [0.1, 0.15) is 24.4 Å². The first kappa shape index (κ1) is 18.9. The maximum absolute atomic E-state index is 13.7. The lowest BCUT2D eigenvalue weighted by Gasteiger charge is -2.27. The SMILES string of the molecule is CN1C[C@H]2CN(C(=O)CCCOc3ccccc3)C[C@H]2[C@@H]1c1cccc(F)c1. The number of nitrogens with zero attached hydrogens (tertiary/aromatic N) is 2. The molecule has 2 heterocycles. The third kappa shape index (κ3) is 4.04. The molecule has 5 heteroatoms. The molecule has 2 saturated heterocycles. The summed E-state index contributed by atoms with van der Waals surface area (Å²) in [6, 6.07) is 16.8. The Labute approximate surface area is 165 Å². The summed E-state index contributed by atoms with van der Waals surface area (Å²) in [5.74, 6) is 1.68. The fourth-order valence-electron chi connectivity index (χ4n) is 4.74. The van der Waals surface area contributed by atoms with Crippen LogP contribution in [0.15, 0.2) is 54.6 Å². The van der Waals surface area contributed by atoms with Crippen molar-refractivity contribution in [1.82, 2.24) is 9.80 Å². The molecule has 0 N–H and O–H groups in total. The van der Waals surface area contributed by atoms with Gasteiger partial charge in [-0.3, -0.25) is 9.69 Å². The Kier molecular flexibility index (Phi) is 5.62. The molecule has 0 aromatic heterocycles. The van der Waals surface area contributed by atoms with E-state index in [9.17, 15) is 9.18 Å². The second-order valence-electron chi connectivity index (χ2n) is 7.93. The molecule has 0 saturated carbocycles. The minimum absolute atomic E-state index is 0.180. The molecule has 2 aliphatic heterocycles. The van der Waals surface area contributed by atoms with Crippen molar-refractivity contribution in [2.75, 3.05) is 33.3 Å². The van der Waals surface area contributed by atoms with Gasteiger partial charge in [0.1, 0.15) is 11.6 Å².